The normalized spacial score (nSPS) is 19.1. The molecule has 1 fully saturated rings. The molecule has 0 radical (unpaired) electrons. The molecule has 24 heavy (non-hydrogen) atoms. The molecular weight excluding hydrogens is 300 g/mol. The minimum atomic E-state index is 0.322. The first kappa shape index (κ1) is 18.7. The summed E-state index contributed by atoms with van der Waals surface area (Å²) in [7, 11) is 1.83. The topological polar surface area (TPSA) is 48.9 Å². The van der Waals surface area contributed by atoms with Crippen LogP contribution >= 0.6 is 0 Å². The molecule has 0 aromatic heterocycles. The number of aliphatic imine (C=N–C) groups is 1. The van der Waals surface area contributed by atoms with Crippen molar-refractivity contribution in [2.45, 2.75) is 32.9 Å². The second-order valence-electron chi connectivity index (χ2n) is 6.70. The molecule has 2 atom stereocenters. The lowest BCUT2D eigenvalue weighted by atomic mass is 10.0. The average molecular weight is 332 g/mol. The second-order valence-corrected chi connectivity index (χ2v) is 6.70. The van der Waals surface area contributed by atoms with Gasteiger partial charge in [-0.25, -0.2) is 0 Å². The van der Waals surface area contributed by atoms with Gasteiger partial charge in [-0.1, -0.05) is 44.2 Å². The molecule has 0 bridgehead atoms. The van der Waals surface area contributed by atoms with E-state index in [2.05, 4.69) is 71.6 Å². The van der Waals surface area contributed by atoms with E-state index in [9.17, 15) is 0 Å². The predicted molar refractivity (Wildman–Crippen MR) is 100 cm³/mol. The Morgan fingerprint density at radius 3 is 2.42 bits per heavy atom. The van der Waals surface area contributed by atoms with Crippen LogP contribution in [0.5, 0.6) is 0 Å². The number of hydrogen-bond acceptors (Lipinski definition) is 3. The zero-order valence-electron chi connectivity index (χ0n) is 15.5. The van der Waals surface area contributed by atoms with E-state index in [4.69, 9.17) is 4.74 Å². The van der Waals surface area contributed by atoms with Gasteiger partial charge in [0, 0.05) is 32.7 Å². The van der Waals surface area contributed by atoms with Gasteiger partial charge in [-0.3, -0.25) is 9.89 Å². The van der Waals surface area contributed by atoms with Crippen molar-refractivity contribution < 1.29 is 4.74 Å². The van der Waals surface area contributed by atoms with E-state index in [0.29, 0.717) is 18.0 Å². The summed E-state index contributed by atoms with van der Waals surface area (Å²) in [5.74, 6) is 1.43. The van der Waals surface area contributed by atoms with Crippen LogP contribution in [0.15, 0.2) is 35.3 Å². The molecule has 5 heteroatoms. The summed E-state index contributed by atoms with van der Waals surface area (Å²) >= 11 is 0. The average Bonchev–Trinajstić information content (AvgIpc) is 2.62. The Hall–Kier alpha value is -1.59. The van der Waals surface area contributed by atoms with E-state index < -0.39 is 0 Å². The first-order chi connectivity index (χ1) is 11.6. The Morgan fingerprint density at radius 2 is 1.83 bits per heavy atom. The van der Waals surface area contributed by atoms with Gasteiger partial charge in [0.25, 0.3) is 0 Å². The van der Waals surface area contributed by atoms with E-state index in [1.807, 2.05) is 7.05 Å². The van der Waals surface area contributed by atoms with Crippen LogP contribution in [0.1, 0.15) is 32.4 Å². The van der Waals surface area contributed by atoms with Crippen LogP contribution in [0.3, 0.4) is 0 Å². The lowest BCUT2D eigenvalue weighted by Crippen LogP contribution is -2.48. The molecule has 1 aromatic rings. The van der Waals surface area contributed by atoms with E-state index in [1.54, 1.807) is 0 Å². The third kappa shape index (κ3) is 5.49. The molecule has 1 saturated heterocycles. The lowest BCUT2D eigenvalue weighted by molar-refractivity contribution is 0.0170. The van der Waals surface area contributed by atoms with E-state index >= 15 is 0 Å². The molecule has 0 spiro atoms. The predicted octanol–water partition coefficient (Wildman–Crippen LogP) is 2.27. The van der Waals surface area contributed by atoms with Gasteiger partial charge >= 0.3 is 0 Å². The Morgan fingerprint density at radius 1 is 1.17 bits per heavy atom. The van der Waals surface area contributed by atoms with Crippen molar-refractivity contribution in [1.29, 1.82) is 0 Å². The van der Waals surface area contributed by atoms with Gasteiger partial charge in [0.15, 0.2) is 5.96 Å². The number of morpholine rings is 1. The zero-order chi connectivity index (χ0) is 17.4. The van der Waals surface area contributed by atoms with Gasteiger partial charge in [0.1, 0.15) is 0 Å². The second kappa shape index (κ2) is 9.64. The molecule has 2 N–H and O–H groups in total. The summed E-state index contributed by atoms with van der Waals surface area (Å²) in [5, 5.41) is 6.98. The van der Waals surface area contributed by atoms with Crippen molar-refractivity contribution in [1.82, 2.24) is 15.5 Å². The smallest absolute Gasteiger partial charge is 0.191 e. The summed E-state index contributed by atoms with van der Waals surface area (Å²) < 4.78 is 5.51. The van der Waals surface area contributed by atoms with Gasteiger partial charge in [0.05, 0.1) is 19.3 Å². The van der Waals surface area contributed by atoms with Crippen LogP contribution in [0, 0.1) is 5.92 Å². The quantitative estimate of drug-likeness (QED) is 0.620. The minimum Gasteiger partial charge on any atom is -0.379 e. The van der Waals surface area contributed by atoms with Gasteiger partial charge in [-0.2, -0.15) is 0 Å². The Labute approximate surface area is 146 Å². The van der Waals surface area contributed by atoms with Crippen LogP contribution in [-0.4, -0.2) is 56.8 Å². The minimum absolute atomic E-state index is 0.322. The maximum atomic E-state index is 5.51. The van der Waals surface area contributed by atoms with Crippen molar-refractivity contribution in [3.05, 3.63) is 35.9 Å². The standard InChI is InChI=1S/C19H32N4O/c1-15(2)16(3)22-19(20-4)21-14-18(17-8-6-5-7-9-17)23-10-12-24-13-11-23/h5-9,15-16,18H,10-14H2,1-4H3,(H2,20,21,22). The first-order valence-corrected chi connectivity index (χ1v) is 8.95. The molecule has 0 aliphatic carbocycles. The number of benzene rings is 1. The molecular formula is C19H32N4O. The van der Waals surface area contributed by atoms with Crippen molar-refractivity contribution in [3.63, 3.8) is 0 Å². The molecule has 1 aliphatic rings. The zero-order valence-corrected chi connectivity index (χ0v) is 15.5. The molecule has 0 saturated carbocycles. The van der Waals surface area contributed by atoms with Gasteiger partial charge in [0.2, 0.25) is 0 Å². The third-order valence-electron chi connectivity index (χ3n) is 4.72. The highest BCUT2D eigenvalue weighted by molar-refractivity contribution is 5.80. The molecule has 1 aliphatic heterocycles. The molecule has 134 valence electrons. The molecule has 1 heterocycles. The number of nitrogens with one attached hydrogen (secondary N) is 2. The lowest BCUT2D eigenvalue weighted by Gasteiger charge is -2.35. The summed E-state index contributed by atoms with van der Waals surface area (Å²) in [5.41, 5.74) is 1.33. The Kier molecular flexibility index (Phi) is 7.53. The van der Waals surface area contributed by atoms with E-state index in [0.717, 1.165) is 38.8 Å². The number of guanidine groups is 1. The van der Waals surface area contributed by atoms with Gasteiger partial charge in [-0.05, 0) is 18.4 Å². The summed E-state index contributed by atoms with van der Waals surface area (Å²) in [6.45, 7) is 11.0. The maximum absolute atomic E-state index is 5.51. The van der Waals surface area contributed by atoms with Crippen LogP contribution in [0.2, 0.25) is 0 Å². The number of rotatable bonds is 6. The van der Waals surface area contributed by atoms with Gasteiger partial charge < -0.3 is 15.4 Å². The van der Waals surface area contributed by atoms with Crippen LogP contribution < -0.4 is 10.6 Å². The van der Waals surface area contributed by atoms with Crippen LogP contribution in [0.25, 0.3) is 0 Å². The molecule has 5 nitrogen and oxygen atoms in total. The van der Waals surface area contributed by atoms with E-state index in [1.165, 1.54) is 5.56 Å². The highest BCUT2D eigenvalue weighted by Crippen LogP contribution is 2.21. The fourth-order valence-electron chi connectivity index (χ4n) is 2.79. The summed E-state index contributed by atoms with van der Waals surface area (Å²) in [4.78, 5) is 6.86. The Balaban J connectivity index is 2.02. The molecule has 2 unspecified atom stereocenters. The monoisotopic (exact) mass is 332 g/mol. The van der Waals surface area contributed by atoms with Gasteiger partial charge in [-0.15, -0.1) is 0 Å². The first-order valence-electron chi connectivity index (χ1n) is 8.95. The van der Waals surface area contributed by atoms with E-state index in [-0.39, 0.29) is 0 Å². The fraction of sp³-hybridized carbons (Fsp3) is 0.632. The van der Waals surface area contributed by atoms with Crippen LogP contribution in [0.4, 0.5) is 0 Å². The highest BCUT2D eigenvalue weighted by Gasteiger charge is 2.23. The van der Waals surface area contributed by atoms with Crippen molar-refractivity contribution >= 4 is 5.96 Å². The highest BCUT2D eigenvalue weighted by atomic mass is 16.5. The maximum Gasteiger partial charge on any atom is 0.191 e. The largest absolute Gasteiger partial charge is 0.379 e. The summed E-state index contributed by atoms with van der Waals surface area (Å²) in [6.07, 6.45) is 0. The van der Waals surface area contributed by atoms with Crippen molar-refractivity contribution in [2.24, 2.45) is 10.9 Å². The van der Waals surface area contributed by atoms with Crippen molar-refractivity contribution in [3.8, 4) is 0 Å². The number of nitrogens with zero attached hydrogens (tertiary/aromatic N) is 2. The molecule has 2 rings (SSSR count). The third-order valence-corrected chi connectivity index (χ3v) is 4.72. The van der Waals surface area contributed by atoms with Crippen molar-refractivity contribution in [2.75, 3.05) is 39.9 Å². The number of hydrogen-bond donors (Lipinski definition) is 2. The Bertz CT molecular complexity index is 497. The molecule has 1 aromatic carbocycles. The number of ether oxygens (including phenoxy) is 1. The summed E-state index contributed by atoms with van der Waals surface area (Å²) in [6, 6.07) is 11.4. The van der Waals surface area contributed by atoms with Crippen LogP contribution in [-0.2, 0) is 4.74 Å². The fourth-order valence-corrected chi connectivity index (χ4v) is 2.79. The molecule has 0 amide bonds. The SMILES string of the molecule is CN=C(NCC(c1ccccc1)N1CCOCC1)NC(C)C(C)C.